The maximum atomic E-state index is 12.7. The first-order chi connectivity index (χ1) is 8.34. The molecule has 18 heavy (non-hydrogen) atoms. The van der Waals surface area contributed by atoms with Crippen molar-refractivity contribution in [1.82, 2.24) is 4.98 Å². The topological polar surface area (TPSA) is 24.9 Å². The fourth-order valence-corrected chi connectivity index (χ4v) is 2.02. The molecule has 2 nitrogen and oxygen atoms in total. The minimum absolute atomic E-state index is 0.163. The van der Waals surface area contributed by atoms with Crippen LogP contribution in [0.4, 0.5) is 18.9 Å². The number of aromatic nitrogens is 1. The van der Waals surface area contributed by atoms with Crippen molar-refractivity contribution in [2.45, 2.75) is 13.1 Å². The molecule has 0 amide bonds. The normalized spacial score (nSPS) is 11.9. The van der Waals surface area contributed by atoms with Crippen LogP contribution >= 0.6 is 11.6 Å². The maximum Gasteiger partial charge on any atom is 0.433 e. The lowest BCUT2D eigenvalue weighted by Gasteiger charge is -2.13. The van der Waals surface area contributed by atoms with E-state index in [0.717, 1.165) is 11.6 Å². The van der Waals surface area contributed by atoms with Crippen LogP contribution in [0, 0.1) is 6.92 Å². The summed E-state index contributed by atoms with van der Waals surface area (Å²) in [5.41, 5.74) is 0.398. The van der Waals surface area contributed by atoms with Gasteiger partial charge >= 0.3 is 6.18 Å². The summed E-state index contributed by atoms with van der Waals surface area (Å²) in [6.45, 7) is 1.80. The smallest absolute Gasteiger partial charge is 0.388 e. The second-order valence-corrected chi connectivity index (χ2v) is 4.30. The van der Waals surface area contributed by atoms with Gasteiger partial charge in [-0.1, -0.05) is 17.7 Å². The average Bonchev–Trinajstić information content (AvgIpc) is 2.31. The molecule has 0 fully saturated rings. The van der Waals surface area contributed by atoms with Gasteiger partial charge in [-0.05, 0) is 24.6 Å². The number of fused-ring (bicyclic) bond motifs is 1. The Kier molecular flexibility index (Phi) is 3.11. The third-order valence-corrected chi connectivity index (χ3v) is 2.98. The highest BCUT2D eigenvalue weighted by Gasteiger charge is 2.33. The number of hydrogen-bond donors (Lipinski definition) is 1. The highest BCUT2D eigenvalue weighted by molar-refractivity contribution is 6.35. The molecular formula is C12H10ClF3N2. The number of anilines is 1. The fraction of sp³-hybridized carbons (Fsp3) is 0.250. The van der Waals surface area contributed by atoms with E-state index in [9.17, 15) is 13.2 Å². The van der Waals surface area contributed by atoms with E-state index in [2.05, 4.69) is 10.3 Å². The van der Waals surface area contributed by atoms with Gasteiger partial charge in [-0.3, -0.25) is 0 Å². The number of halogens is 4. The first-order valence-electron chi connectivity index (χ1n) is 5.19. The summed E-state index contributed by atoms with van der Waals surface area (Å²) in [5, 5.41) is 3.57. The van der Waals surface area contributed by atoms with Crippen LogP contribution in [0.5, 0.6) is 0 Å². The Labute approximate surface area is 107 Å². The molecule has 0 aliphatic rings. The van der Waals surface area contributed by atoms with Crippen LogP contribution < -0.4 is 5.32 Å². The summed E-state index contributed by atoms with van der Waals surface area (Å²) >= 11 is 5.92. The summed E-state index contributed by atoms with van der Waals surface area (Å²) in [5.74, 6) is 0. The minimum Gasteiger partial charge on any atom is -0.388 e. The molecule has 96 valence electrons. The second-order valence-electron chi connectivity index (χ2n) is 3.89. The van der Waals surface area contributed by atoms with E-state index < -0.39 is 11.9 Å². The fourth-order valence-electron chi connectivity index (χ4n) is 1.82. The van der Waals surface area contributed by atoms with Crippen molar-refractivity contribution < 1.29 is 13.2 Å². The Morgan fingerprint density at radius 1 is 1.28 bits per heavy atom. The molecule has 1 aromatic carbocycles. The van der Waals surface area contributed by atoms with Gasteiger partial charge in [0, 0.05) is 18.1 Å². The lowest BCUT2D eigenvalue weighted by atomic mass is 10.1. The van der Waals surface area contributed by atoms with Crippen molar-refractivity contribution in [2.24, 2.45) is 0 Å². The van der Waals surface area contributed by atoms with Crippen LogP contribution in [0.3, 0.4) is 0 Å². The number of aryl methyl sites for hydroxylation is 1. The van der Waals surface area contributed by atoms with Crippen LogP contribution in [0.1, 0.15) is 11.3 Å². The van der Waals surface area contributed by atoms with E-state index >= 15 is 0 Å². The van der Waals surface area contributed by atoms with Crippen molar-refractivity contribution >= 4 is 28.2 Å². The zero-order valence-corrected chi connectivity index (χ0v) is 10.4. The average molecular weight is 275 g/mol. The molecular weight excluding hydrogens is 265 g/mol. The number of nitrogens with one attached hydrogen (secondary N) is 1. The van der Waals surface area contributed by atoms with Crippen molar-refractivity contribution in [1.29, 1.82) is 0 Å². The monoisotopic (exact) mass is 274 g/mol. The predicted molar refractivity (Wildman–Crippen MR) is 66.0 cm³/mol. The largest absolute Gasteiger partial charge is 0.433 e. The molecule has 1 N–H and O–H groups in total. The molecule has 1 heterocycles. The Hall–Kier alpha value is -1.49. The zero-order valence-electron chi connectivity index (χ0n) is 9.69. The Bertz CT molecular complexity index is 608. The zero-order chi connectivity index (χ0) is 13.5. The third-order valence-electron chi connectivity index (χ3n) is 2.68. The second kappa shape index (κ2) is 4.31. The summed E-state index contributed by atoms with van der Waals surface area (Å²) in [4.78, 5) is 3.62. The van der Waals surface area contributed by atoms with E-state index in [1.54, 1.807) is 26.1 Å². The van der Waals surface area contributed by atoms with Crippen molar-refractivity contribution in [3.05, 3.63) is 34.5 Å². The predicted octanol–water partition coefficient (Wildman–Crippen LogP) is 4.26. The van der Waals surface area contributed by atoms with E-state index in [4.69, 9.17) is 11.6 Å². The number of benzene rings is 1. The Balaban J connectivity index is 2.88. The molecule has 0 bridgehead atoms. The minimum atomic E-state index is -4.49. The first kappa shape index (κ1) is 13.0. The molecule has 0 radical (unpaired) electrons. The maximum absolute atomic E-state index is 12.7. The highest BCUT2D eigenvalue weighted by Crippen LogP contribution is 2.36. The lowest BCUT2D eigenvalue weighted by molar-refractivity contribution is -0.140. The van der Waals surface area contributed by atoms with Gasteiger partial charge in [0.25, 0.3) is 0 Å². The number of nitrogens with zero attached hydrogens (tertiary/aromatic N) is 1. The molecule has 0 aliphatic carbocycles. The molecule has 1 aromatic heterocycles. The molecule has 0 atom stereocenters. The number of rotatable bonds is 1. The summed E-state index contributed by atoms with van der Waals surface area (Å²) in [6.07, 6.45) is -4.49. The van der Waals surface area contributed by atoms with Crippen LogP contribution in [-0.4, -0.2) is 12.0 Å². The number of hydrogen-bond acceptors (Lipinski definition) is 2. The summed E-state index contributed by atoms with van der Waals surface area (Å²) in [7, 11) is 1.56. The van der Waals surface area contributed by atoms with Gasteiger partial charge in [0.05, 0.1) is 10.5 Å². The summed E-state index contributed by atoms with van der Waals surface area (Å²) in [6, 6.07) is 4.29. The molecule has 2 rings (SSSR count). The van der Waals surface area contributed by atoms with Gasteiger partial charge in [-0.2, -0.15) is 13.2 Å². The lowest BCUT2D eigenvalue weighted by Crippen LogP contribution is -2.09. The molecule has 0 spiro atoms. The first-order valence-corrected chi connectivity index (χ1v) is 5.57. The van der Waals surface area contributed by atoms with E-state index in [1.807, 2.05) is 0 Å². The Morgan fingerprint density at radius 2 is 1.94 bits per heavy atom. The number of alkyl halides is 3. The Morgan fingerprint density at radius 3 is 2.50 bits per heavy atom. The third kappa shape index (κ3) is 2.10. The molecule has 0 unspecified atom stereocenters. The van der Waals surface area contributed by atoms with Gasteiger partial charge in [0.15, 0.2) is 0 Å². The van der Waals surface area contributed by atoms with E-state index in [-0.39, 0.29) is 10.5 Å². The molecule has 0 aliphatic heterocycles. The standard InChI is InChI=1S/C12H10ClF3N2/c1-6-3-4-7(13)11-10(6)8(17-2)5-9(18-11)12(14,15)16/h3-5H,1-2H3,(H,17,18). The van der Waals surface area contributed by atoms with Gasteiger partial charge < -0.3 is 5.32 Å². The summed E-state index contributed by atoms with van der Waals surface area (Å²) < 4.78 is 38.2. The quantitative estimate of drug-likeness (QED) is 0.840. The van der Waals surface area contributed by atoms with Gasteiger partial charge in [-0.15, -0.1) is 0 Å². The van der Waals surface area contributed by atoms with Crippen LogP contribution in [0.2, 0.25) is 5.02 Å². The number of pyridine rings is 1. The van der Waals surface area contributed by atoms with Crippen LogP contribution in [-0.2, 0) is 6.18 Å². The van der Waals surface area contributed by atoms with Gasteiger partial charge in [0.1, 0.15) is 5.69 Å². The van der Waals surface area contributed by atoms with Crippen molar-refractivity contribution in [3.63, 3.8) is 0 Å². The SMILES string of the molecule is CNc1cc(C(F)(F)F)nc2c(Cl)ccc(C)c12. The van der Waals surface area contributed by atoms with Crippen molar-refractivity contribution in [2.75, 3.05) is 12.4 Å². The highest BCUT2D eigenvalue weighted by atomic mass is 35.5. The van der Waals surface area contributed by atoms with Crippen LogP contribution in [0.25, 0.3) is 10.9 Å². The van der Waals surface area contributed by atoms with Gasteiger partial charge in [-0.25, -0.2) is 4.98 Å². The van der Waals surface area contributed by atoms with E-state index in [0.29, 0.717) is 11.1 Å². The van der Waals surface area contributed by atoms with Crippen molar-refractivity contribution in [3.8, 4) is 0 Å². The molecule has 2 aromatic rings. The van der Waals surface area contributed by atoms with E-state index in [1.165, 1.54) is 0 Å². The van der Waals surface area contributed by atoms with Crippen LogP contribution in [0.15, 0.2) is 18.2 Å². The molecule has 0 saturated heterocycles. The molecule has 6 heteroatoms. The van der Waals surface area contributed by atoms with Gasteiger partial charge in [0.2, 0.25) is 0 Å². The molecule has 0 saturated carbocycles.